The summed E-state index contributed by atoms with van der Waals surface area (Å²) in [5.74, 6) is 1.67. The summed E-state index contributed by atoms with van der Waals surface area (Å²) in [6, 6.07) is 8.03. The van der Waals surface area contributed by atoms with Crippen LogP contribution in [0.15, 0.2) is 24.3 Å². The molecule has 0 fully saturated rings. The Morgan fingerprint density at radius 1 is 1.26 bits per heavy atom. The van der Waals surface area contributed by atoms with Crippen molar-refractivity contribution < 1.29 is 4.74 Å². The van der Waals surface area contributed by atoms with Crippen molar-refractivity contribution in [3.8, 4) is 17.0 Å². The predicted octanol–water partition coefficient (Wildman–Crippen LogP) is 2.41. The first kappa shape index (κ1) is 12.1. The molecule has 19 heavy (non-hydrogen) atoms. The zero-order chi connectivity index (χ0) is 13.4. The quantitative estimate of drug-likeness (QED) is 0.895. The van der Waals surface area contributed by atoms with Crippen molar-refractivity contribution in [2.45, 2.75) is 26.3 Å². The third kappa shape index (κ3) is 2.31. The van der Waals surface area contributed by atoms with E-state index in [1.54, 1.807) is 0 Å². The molecule has 1 unspecified atom stereocenters. The molecule has 98 valence electrons. The molecular formula is C15H17N3O. The molecule has 0 saturated carbocycles. The number of rotatable bonds is 2. The lowest BCUT2D eigenvalue weighted by Crippen LogP contribution is -2.11. The van der Waals surface area contributed by atoms with Crippen LogP contribution < -0.4 is 10.5 Å². The van der Waals surface area contributed by atoms with Gasteiger partial charge >= 0.3 is 0 Å². The average Bonchev–Trinajstić information content (AvgIpc) is 2.85. The topological polar surface area (TPSA) is 61.0 Å². The van der Waals surface area contributed by atoms with Gasteiger partial charge in [0.1, 0.15) is 11.6 Å². The van der Waals surface area contributed by atoms with Crippen molar-refractivity contribution in [2.24, 2.45) is 5.73 Å². The molecule has 1 aliphatic heterocycles. The summed E-state index contributed by atoms with van der Waals surface area (Å²) in [5, 5.41) is 0. The van der Waals surface area contributed by atoms with Gasteiger partial charge in [0, 0.05) is 17.7 Å². The first-order valence-corrected chi connectivity index (χ1v) is 6.51. The third-order valence-electron chi connectivity index (χ3n) is 3.26. The van der Waals surface area contributed by atoms with Gasteiger partial charge in [-0.25, -0.2) is 9.97 Å². The zero-order valence-electron chi connectivity index (χ0n) is 11.2. The molecule has 1 aliphatic rings. The van der Waals surface area contributed by atoms with Crippen LogP contribution in [-0.2, 0) is 6.42 Å². The highest BCUT2D eigenvalue weighted by atomic mass is 16.5. The van der Waals surface area contributed by atoms with Gasteiger partial charge < -0.3 is 10.5 Å². The fourth-order valence-corrected chi connectivity index (χ4v) is 2.29. The van der Waals surface area contributed by atoms with Gasteiger partial charge in [0.05, 0.1) is 18.3 Å². The van der Waals surface area contributed by atoms with E-state index in [0.29, 0.717) is 5.82 Å². The molecule has 2 heterocycles. The molecule has 2 aromatic rings. The summed E-state index contributed by atoms with van der Waals surface area (Å²) < 4.78 is 5.52. The van der Waals surface area contributed by atoms with E-state index in [1.807, 2.05) is 32.0 Å². The number of ether oxygens (including phenoxy) is 1. The number of fused-ring (bicyclic) bond motifs is 1. The Hall–Kier alpha value is -1.94. The Balaban J connectivity index is 2.06. The summed E-state index contributed by atoms with van der Waals surface area (Å²) in [4.78, 5) is 8.92. The molecule has 0 saturated heterocycles. The normalized spacial score (nSPS) is 14.9. The van der Waals surface area contributed by atoms with E-state index in [0.717, 1.165) is 35.7 Å². The molecular weight excluding hydrogens is 238 g/mol. The Labute approximate surface area is 112 Å². The van der Waals surface area contributed by atoms with Gasteiger partial charge in [-0.2, -0.15) is 0 Å². The van der Waals surface area contributed by atoms with Crippen LogP contribution in [0.25, 0.3) is 11.3 Å². The van der Waals surface area contributed by atoms with Gasteiger partial charge in [-0.05, 0) is 43.7 Å². The number of hydrogen-bond donors (Lipinski definition) is 1. The van der Waals surface area contributed by atoms with Gasteiger partial charge in [-0.15, -0.1) is 0 Å². The van der Waals surface area contributed by atoms with Gasteiger partial charge in [0.15, 0.2) is 0 Å². The summed E-state index contributed by atoms with van der Waals surface area (Å²) in [7, 11) is 0. The van der Waals surface area contributed by atoms with E-state index in [9.17, 15) is 0 Å². The minimum Gasteiger partial charge on any atom is -0.493 e. The van der Waals surface area contributed by atoms with Gasteiger partial charge in [0.25, 0.3) is 0 Å². The van der Waals surface area contributed by atoms with E-state index in [-0.39, 0.29) is 6.04 Å². The summed E-state index contributed by atoms with van der Waals surface area (Å²) >= 11 is 0. The predicted molar refractivity (Wildman–Crippen MR) is 74.0 cm³/mol. The second kappa shape index (κ2) is 4.63. The molecule has 4 heteroatoms. The van der Waals surface area contributed by atoms with Crippen LogP contribution in [0.4, 0.5) is 0 Å². The Morgan fingerprint density at radius 2 is 2.11 bits per heavy atom. The maximum absolute atomic E-state index is 5.87. The highest BCUT2D eigenvalue weighted by Crippen LogP contribution is 2.30. The number of aromatic nitrogens is 2. The first-order valence-electron chi connectivity index (χ1n) is 6.51. The minimum absolute atomic E-state index is 0.156. The van der Waals surface area contributed by atoms with Gasteiger partial charge in [0.2, 0.25) is 0 Å². The van der Waals surface area contributed by atoms with Crippen molar-refractivity contribution in [1.29, 1.82) is 0 Å². The molecule has 2 N–H and O–H groups in total. The summed E-state index contributed by atoms with van der Waals surface area (Å²) in [5.41, 5.74) is 10.1. The third-order valence-corrected chi connectivity index (χ3v) is 3.26. The van der Waals surface area contributed by atoms with E-state index in [2.05, 4.69) is 16.0 Å². The number of aryl methyl sites for hydroxylation is 1. The maximum Gasteiger partial charge on any atom is 0.145 e. The monoisotopic (exact) mass is 255 g/mol. The fraction of sp³-hybridized carbons (Fsp3) is 0.333. The Kier molecular flexibility index (Phi) is 2.95. The largest absolute Gasteiger partial charge is 0.493 e. The van der Waals surface area contributed by atoms with Crippen LogP contribution in [0, 0.1) is 6.92 Å². The smallest absolute Gasteiger partial charge is 0.145 e. The second-order valence-electron chi connectivity index (χ2n) is 4.96. The molecule has 3 rings (SSSR count). The average molecular weight is 255 g/mol. The lowest BCUT2D eigenvalue weighted by atomic mass is 10.1. The lowest BCUT2D eigenvalue weighted by Gasteiger charge is -2.09. The van der Waals surface area contributed by atoms with E-state index >= 15 is 0 Å². The van der Waals surface area contributed by atoms with Crippen LogP contribution in [0.2, 0.25) is 0 Å². The van der Waals surface area contributed by atoms with Crippen molar-refractivity contribution in [3.63, 3.8) is 0 Å². The van der Waals surface area contributed by atoms with Crippen LogP contribution in [-0.4, -0.2) is 16.6 Å². The van der Waals surface area contributed by atoms with Crippen LogP contribution in [0.5, 0.6) is 5.75 Å². The lowest BCUT2D eigenvalue weighted by molar-refractivity contribution is 0.357. The number of nitrogens with two attached hydrogens (primary N) is 1. The second-order valence-corrected chi connectivity index (χ2v) is 4.96. The fourth-order valence-electron chi connectivity index (χ4n) is 2.29. The molecule has 4 nitrogen and oxygen atoms in total. The van der Waals surface area contributed by atoms with Crippen molar-refractivity contribution >= 4 is 0 Å². The highest BCUT2D eigenvalue weighted by molar-refractivity contribution is 5.63. The number of hydrogen-bond acceptors (Lipinski definition) is 4. The molecule has 0 aliphatic carbocycles. The molecule has 0 bridgehead atoms. The minimum atomic E-state index is -0.156. The molecule has 1 aromatic heterocycles. The zero-order valence-corrected chi connectivity index (χ0v) is 11.2. The molecule has 1 aromatic carbocycles. The molecule has 0 spiro atoms. The molecule has 1 atom stereocenters. The number of benzene rings is 1. The van der Waals surface area contributed by atoms with Crippen LogP contribution in [0.1, 0.15) is 30.0 Å². The van der Waals surface area contributed by atoms with E-state index < -0.39 is 0 Å². The number of nitrogens with zero attached hydrogens (tertiary/aromatic N) is 2. The Bertz CT molecular complexity index is 623. The van der Waals surface area contributed by atoms with Crippen molar-refractivity contribution in [3.05, 3.63) is 41.3 Å². The SMILES string of the molecule is Cc1cc(-c2ccc3c(c2)CCO3)nc(C(C)N)n1. The molecule has 0 amide bonds. The maximum atomic E-state index is 5.87. The van der Waals surface area contributed by atoms with Gasteiger partial charge in [-0.1, -0.05) is 0 Å². The summed E-state index contributed by atoms with van der Waals surface area (Å²) in [6.45, 7) is 4.63. The van der Waals surface area contributed by atoms with Crippen LogP contribution >= 0.6 is 0 Å². The van der Waals surface area contributed by atoms with Crippen LogP contribution in [0.3, 0.4) is 0 Å². The standard InChI is InChI=1S/C15H17N3O/c1-9-7-13(18-15(17-9)10(2)16)11-3-4-14-12(8-11)5-6-19-14/h3-4,7-8,10H,5-6,16H2,1-2H3. The van der Waals surface area contributed by atoms with E-state index in [4.69, 9.17) is 10.5 Å². The van der Waals surface area contributed by atoms with E-state index in [1.165, 1.54) is 5.56 Å². The molecule has 0 radical (unpaired) electrons. The van der Waals surface area contributed by atoms with Crippen molar-refractivity contribution in [2.75, 3.05) is 6.61 Å². The Morgan fingerprint density at radius 3 is 2.89 bits per heavy atom. The summed E-state index contributed by atoms with van der Waals surface area (Å²) in [6.07, 6.45) is 0.966. The highest BCUT2D eigenvalue weighted by Gasteiger charge is 2.14. The van der Waals surface area contributed by atoms with Crippen molar-refractivity contribution in [1.82, 2.24) is 9.97 Å². The van der Waals surface area contributed by atoms with Gasteiger partial charge in [-0.3, -0.25) is 0 Å². The first-order chi connectivity index (χ1) is 9.13.